The third-order valence-corrected chi connectivity index (χ3v) is 3.22. The third-order valence-electron chi connectivity index (χ3n) is 3.22. The van der Waals surface area contributed by atoms with E-state index in [1.807, 2.05) is 45.0 Å². The second kappa shape index (κ2) is 5.90. The molecule has 4 nitrogen and oxygen atoms in total. The van der Waals surface area contributed by atoms with E-state index in [1.165, 1.54) is 0 Å². The van der Waals surface area contributed by atoms with Crippen molar-refractivity contribution in [3.8, 4) is 11.3 Å². The summed E-state index contributed by atoms with van der Waals surface area (Å²) in [5, 5.41) is 13.5. The highest BCUT2D eigenvalue weighted by molar-refractivity contribution is 5.96. The third kappa shape index (κ3) is 2.74. The van der Waals surface area contributed by atoms with Gasteiger partial charge in [-0.1, -0.05) is 50.2 Å². The number of carboxylic acids is 1. The van der Waals surface area contributed by atoms with Crippen LogP contribution in [0.4, 0.5) is 0 Å². The number of aromatic nitrogens is 1. The second-order valence-electron chi connectivity index (χ2n) is 5.24. The average Bonchev–Trinajstić information content (AvgIpc) is 2.81. The summed E-state index contributed by atoms with van der Waals surface area (Å²) in [6.07, 6.45) is 1.39. The molecule has 1 aromatic carbocycles. The molecule has 2 rings (SSSR count). The van der Waals surface area contributed by atoms with Gasteiger partial charge in [-0.15, -0.1) is 0 Å². The highest BCUT2D eigenvalue weighted by atomic mass is 16.5. The predicted molar refractivity (Wildman–Crippen MR) is 76.8 cm³/mol. The van der Waals surface area contributed by atoms with Crippen molar-refractivity contribution in [2.45, 2.75) is 33.6 Å². The van der Waals surface area contributed by atoms with E-state index < -0.39 is 5.97 Å². The van der Waals surface area contributed by atoms with Crippen molar-refractivity contribution in [3.05, 3.63) is 41.2 Å². The molecule has 0 atom stereocenters. The molecule has 0 aliphatic rings. The summed E-state index contributed by atoms with van der Waals surface area (Å²) in [4.78, 5) is 11.6. The molecule has 0 fully saturated rings. The van der Waals surface area contributed by atoms with E-state index in [2.05, 4.69) is 5.16 Å². The summed E-state index contributed by atoms with van der Waals surface area (Å²) >= 11 is 0. The number of hydrogen-bond donors (Lipinski definition) is 1. The molecule has 0 bridgehead atoms. The first kappa shape index (κ1) is 14.3. The fourth-order valence-corrected chi connectivity index (χ4v) is 2.30. The van der Waals surface area contributed by atoms with Crippen LogP contribution in [0.5, 0.6) is 0 Å². The molecule has 2 aromatic rings. The van der Waals surface area contributed by atoms with Crippen molar-refractivity contribution >= 4 is 5.97 Å². The maximum Gasteiger partial charge on any atom is 0.341 e. The number of hydrogen-bond acceptors (Lipinski definition) is 3. The maximum absolute atomic E-state index is 11.6. The molecule has 0 spiro atoms. The number of rotatable bonds is 5. The topological polar surface area (TPSA) is 63.3 Å². The van der Waals surface area contributed by atoms with Gasteiger partial charge < -0.3 is 9.63 Å². The van der Waals surface area contributed by atoms with Crippen molar-refractivity contribution in [3.63, 3.8) is 0 Å². The van der Waals surface area contributed by atoms with E-state index in [0.717, 1.165) is 17.5 Å². The number of aryl methyl sites for hydroxylation is 1. The van der Waals surface area contributed by atoms with Crippen molar-refractivity contribution in [1.29, 1.82) is 0 Å². The Kier molecular flexibility index (Phi) is 4.23. The Morgan fingerprint density at radius 3 is 2.65 bits per heavy atom. The first-order chi connectivity index (χ1) is 9.54. The Labute approximate surface area is 118 Å². The number of benzene rings is 1. The number of nitrogens with zero attached hydrogens (tertiary/aromatic N) is 1. The Morgan fingerprint density at radius 2 is 2.05 bits per heavy atom. The highest BCUT2D eigenvalue weighted by Crippen LogP contribution is 2.29. The van der Waals surface area contributed by atoms with Gasteiger partial charge in [0.2, 0.25) is 0 Å². The normalized spacial score (nSPS) is 11.0. The predicted octanol–water partition coefficient (Wildman–Crippen LogP) is 3.80. The van der Waals surface area contributed by atoms with Gasteiger partial charge in [0.1, 0.15) is 11.3 Å². The van der Waals surface area contributed by atoms with E-state index in [-0.39, 0.29) is 5.56 Å². The van der Waals surface area contributed by atoms with Gasteiger partial charge in [-0.05, 0) is 17.9 Å². The molecule has 0 saturated carbocycles. The van der Waals surface area contributed by atoms with Gasteiger partial charge in [0.25, 0.3) is 0 Å². The first-order valence-corrected chi connectivity index (χ1v) is 6.84. The number of carbonyl (C=O) groups is 1. The zero-order valence-corrected chi connectivity index (χ0v) is 12.0. The standard InChI is InChI=1S/C16H19NO3/c1-4-11-7-5-6-8-12(11)15-14(16(18)19)13(20-17-15)9-10(2)3/h5-8,10H,4,9H2,1-3H3,(H,18,19). The van der Waals surface area contributed by atoms with Crippen LogP contribution in [0, 0.1) is 5.92 Å². The zero-order chi connectivity index (χ0) is 14.7. The average molecular weight is 273 g/mol. The zero-order valence-electron chi connectivity index (χ0n) is 12.0. The lowest BCUT2D eigenvalue weighted by molar-refractivity contribution is 0.0695. The lowest BCUT2D eigenvalue weighted by Gasteiger charge is -2.06. The molecule has 20 heavy (non-hydrogen) atoms. The van der Waals surface area contributed by atoms with E-state index in [9.17, 15) is 9.90 Å². The molecular weight excluding hydrogens is 254 g/mol. The molecule has 1 heterocycles. The van der Waals surface area contributed by atoms with Gasteiger partial charge in [0.15, 0.2) is 5.76 Å². The van der Waals surface area contributed by atoms with E-state index in [4.69, 9.17) is 4.52 Å². The smallest absolute Gasteiger partial charge is 0.341 e. The molecule has 0 amide bonds. The van der Waals surface area contributed by atoms with Crippen molar-refractivity contribution < 1.29 is 14.4 Å². The lowest BCUT2D eigenvalue weighted by Crippen LogP contribution is -2.04. The summed E-state index contributed by atoms with van der Waals surface area (Å²) in [6, 6.07) is 7.70. The quantitative estimate of drug-likeness (QED) is 0.900. The summed E-state index contributed by atoms with van der Waals surface area (Å²) in [7, 11) is 0. The van der Waals surface area contributed by atoms with E-state index in [0.29, 0.717) is 23.8 Å². The second-order valence-corrected chi connectivity index (χ2v) is 5.24. The largest absolute Gasteiger partial charge is 0.477 e. The maximum atomic E-state index is 11.6. The Bertz CT molecular complexity index is 614. The van der Waals surface area contributed by atoms with Gasteiger partial charge in [-0.25, -0.2) is 4.79 Å². The highest BCUT2D eigenvalue weighted by Gasteiger charge is 2.24. The van der Waals surface area contributed by atoms with Crippen molar-refractivity contribution in [1.82, 2.24) is 5.16 Å². The molecular formula is C16H19NO3. The minimum Gasteiger partial charge on any atom is -0.477 e. The fraction of sp³-hybridized carbons (Fsp3) is 0.375. The van der Waals surface area contributed by atoms with Crippen LogP contribution in [-0.2, 0) is 12.8 Å². The van der Waals surface area contributed by atoms with E-state index >= 15 is 0 Å². The minimum absolute atomic E-state index is 0.194. The Hall–Kier alpha value is -2.10. The monoisotopic (exact) mass is 273 g/mol. The number of carboxylic acid groups (broad SMARTS) is 1. The summed E-state index contributed by atoms with van der Waals surface area (Å²) < 4.78 is 5.29. The van der Waals surface area contributed by atoms with Crippen LogP contribution in [0.3, 0.4) is 0 Å². The van der Waals surface area contributed by atoms with Crippen molar-refractivity contribution in [2.24, 2.45) is 5.92 Å². The Morgan fingerprint density at radius 1 is 1.35 bits per heavy atom. The Balaban J connectivity index is 2.57. The summed E-state index contributed by atoms with van der Waals surface area (Å²) in [5.41, 5.74) is 2.54. The van der Waals surface area contributed by atoms with Crippen molar-refractivity contribution in [2.75, 3.05) is 0 Å². The lowest BCUT2D eigenvalue weighted by atomic mass is 9.97. The molecule has 1 N–H and O–H groups in total. The molecule has 1 aromatic heterocycles. The van der Waals surface area contributed by atoms with Crippen LogP contribution >= 0.6 is 0 Å². The molecule has 0 radical (unpaired) electrons. The molecule has 4 heteroatoms. The first-order valence-electron chi connectivity index (χ1n) is 6.84. The fourth-order valence-electron chi connectivity index (χ4n) is 2.30. The van der Waals surface area contributed by atoms with Gasteiger partial charge in [-0.2, -0.15) is 0 Å². The number of aromatic carboxylic acids is 1. The van der Waals surface area contributed by atoms with Gasteiger partial charge >= 0.3 is 5.97 Å². The van der Waals surface area contributed by atoms with E-state index in [1.54, 1.807) is 0 Å². The van der Waals surface area contributed by atoms with Crippen LogP contribution < -0.4 is 0 Å². The van der Waals surface area contributed by atoms with Crippen LogP contribution in [0.2, 0.25) is 0 Å². The molecule has 0 aliphatic heterocycles. The minimum atomic E-state index is -0.984. The van der Waals surface area contributed by atoms with Crippen LogP contribution in [0.1, 0.15) is 42.5 Å². The van der Waals surface area contributed by atoms with Gasteiger partial charge in [0.05, 0.1) is 0 Å². The molecule has 0 aliphatic carbocycles. The van der Waals surface area contributed by atoms with Crippen LogP contribution in [0.15, 0.2) is 28.8 Å². The van der Waals surface area contributed by atoms with Gasteiger partial charge in [0, 0.05) is 12.0 Å². The van der Waals surface area contributed by atoms with Gasteiger partial charge in [-0.3, -0.25) is 0 Å². The molecule has 0 unspecified atom stereocenters. The summed E-state index contributed by atoms with van der Waals surface area (Å²) in [5.74, 6) is -0.216. The molecule has 0 saturated heterocycles. The van der Waals surface area contributed by atoms with Crippen LogP contribution in [0.25, 0.3) is 11.3 Å². The summed E-state index contributed by atoms with van der Waals surface area (Å²) in [6.45, 7) is 6.08. The van der Waals surface area contributed by atoms with Crippen LogP contribution in [-0.4, -0.2) is 16.2 Å². The SMILES string of the molecule is CCc1ccccc1-c1noc(CC(C)C)c1C(=O)O. The molecule has 106 valence electrons.